The quantitative estimate of drug-likeness (QED) is 0.279. The van der Waals surface area contributed by atoms with Crippen molar-refractivity contribution >= 4 is 34.9 Å². The SMILES string of the molecule is CCOC(=O)CCCc1ccc([N+]([O-])(CCCl)CCCl)cc1. The smallest absolute Gasteiger partial charge is 0.305 e. The van der Waals surface area contributed by atoms with Gasteiger partial charge in [0.2, 0.25) is 0 Å². The van der Waals surface area contributed by atoms with Crippen LogP contribution in [0.1, 0.15) is 25.3 Å². The van der Waals surface area contributed by atoms with Crippen molar-refractivity contribution in [2.24, 2.45) is 0 Å². The molecule has 0 fully saturated rings. The molecule has 0 aliphatic heterocycles. The first-order valence-corrected chi connectivity index (χ1v) is 8.57. The van der Waals surface area contributed by atoms with Crippen molar-refractivity contribution in [1.29, 1.82) is 0 Å². The molecule has 6 heteroatoms. The average molecular weight is 348 g/mol. The van der Waals surface area contributed by atoms with E-state index in [1.54, 1.807) is 6.92 Å². The predicted molar refractivity (Wildman–Crippen MR) is 92.3 cm³/mol. The van der Waals surface area contributed by atoms with E-state index in [1.165, 1.54) is 0 Å². The van der Waals surface area contributed by atoms with E-state index in [0.717, 1.165) is 18.4 Å². The topological polar surface area (TPSA) is 49.4 Å². The molecule has 0 unspecified atom stereocenters. The largest absolute Gasteiger partial charge is 0.627 e. The van der Waals surface area contributed by atoms with Crippen molar-refractivity contribution in [3.05, 3.63) is 35.0 Å². The first-order chi connectivity index (χ1) is 10.6. The molecule has 0 aromatic heterocycles. The van der Waals surface area contributed by atoms with Gasteiger partial charge in [0.15, 0.2) is 0 Å². The Labute approximate surface area is 142 Å². The molecule has 0 N–H and O–H groups in total. The highest BCUT2D eigenvalue weighted by Crippen LogP contribution is 2.23. The van der Waals surface area contributed by atoms with E-state index in [4.69, 9.17) is 27.9 Å². The first kappa shape index (κ1) is 19.2. The van der Waals surface area contributed by atoms with Crippen LogP contribution in [0.5, 0.6) is 0 Å². The Balaban J connectivity index is 2.59. The zero-order valence-corrected chi connectivity index (χ0v) is 14.4. The number of nitrogens with zero attached hydrogens (tertiary/aromatic N) is 1. The van der Waals surface area contributed by atoms with Crippen LogP contribution in [0, 0.1) is 5.21 Å². The number of aryl methyl sites for hydroxylation is 1. The van der Waals surface area contributed by atoms with Crippen molar-refractivity contribution in [2.45, 2.75) is 26.2 Å². The number of halogens is 2. The van der Waals surface area contributed by atoms with Crippen molar-refractivity contribution in [1.82, 2.24) is 4.65 Å². The molecule has 0 amide bonds. The molecule has 0 aliphatic carbocycles. The van der Waals surface area contributed by atoms with E-state index in [-0.39, 0.29) is 5.97 Å². The van der Waals surface area contributed by atoms with Gasteiger partial charge in [-0.1, -0.05) is 12.1 Å². The minimum absolute atomic E-state index is 0.168. The number of rotatable bonds is 10. The predicted octanol–water partition coefficient (Wildman–Crippen LogP) is 3.86. The number of ether oxygens (including phenoxy) is 1. The molecule has 0 radical (unpaired) electrons. The number of hydroxylamine groups is 2. The highest BCUT2D eigenvalue weighted by molar-refractivity contribution is 6.18. The Kier molecular flexibility index (Phi) is 8.79. The fourth-order valence-electron chi connectivity index (χ4n) is 2.25. The Morgan fingerprint density at radius 1 is 1.18 bits per heavy atom. The van der Waals surface area contributed by atoms with E-state index in [2.05, 4.69) is 0 Å². The Bertz CT molecular complexity index is 445. The molecule has 1 rings (SSSR count). The van der Waals surface area contributed by atoms with Gasteiger partial charge in [-0.2, -0.15) is 0 Å². The molecule has 0 aliphatic rings. The van der Waals surface area contributed by atoms with Crippen LogP contribution in [-0.4, -0.2) is 37.4 Å². The van der Waals surface area contributed by atoms with Crippen LogP contribution in [0.3, 0.4) is 0 Å². The third-order valence-corrected chi connectivity index (χ3v) is 3.79. The van der Waals surface area contributed by atoms with Gasteiger partial charge < -0.3 is 14.6 Å². The number of benzene rings is 1. The molecular formula is C16H23Cl2NO3. The number of esters is 1. The number of alkyl halides is 2. The summed E-state index contributed by atoms with van der Waals surface area (Å²) in [5, 5.41) is 12.7. The van der Waals surface area contributed by atoms with Crippen LogP contribution in [-0.2, 0) is 16.0 Å². The van der Waals surface area contributed by atoms with Crippen molar-refractivity contribution < 1.29 is 9.53 Å². The first-order valence-electron chi connectivity index (χ1n) is 7.51. The highest BCUT2D eigenvalue weighted by atomic mass is 35.5. The minimum atomic E-state index is -0.504. The normalized spacial score (nSPS) is 11.5. The van der Waals surface area contributed by atoms with Gasteiger partial charge in [-0.25, -0.2) is 0 Å². The summed E-state index contributed by atoms with van der Waals surface area (Å²) in [6, 6.07) is 7.50. The molecule has 1 aromatic carbocycles. The second kappa shape index (κ2) is 10.1. The molecule has 4 nitrogen and oxygen atoms in total. The molecule has 0 bridgehead atoms. The van der Waals surface area contributed by atoms with Crippen LogP contribution in [0.4, 0.5) is 5.69 Å². The summed E-state index contributed by atoms with van der Waals surface area (Å²) in [6.45, 7) is 2.82. The molecule has 0 saturated heterocycles. The van der Waals surface area contributed by atoms with Gasteiger partial charge in [0, 0.05) is 6.42 Å². The van der Waals surface area contributed by atoms with E-state index >= 15 is 0 Å². The summed E-state index contributed by atoms with van der Waals surface area (Å²) in [5.74, 6) is 0.419. The Hall–Kier alpha value is -0.810. The summed E-state index contributed by atoms with van der Waals surface area (Å²) in [5.41, 5.74) is 1.76. The second-order valence-electron chi connectivity index (χ2n) is 5.04. The van der Waals surface area contributed by atoms with Crippen LogP contribution < -0.4 is 4.65 Å². The lowest BCUT2D eigenvalue weighted by atomic mass is 10.1. The van der Waals surface area contributed by atoms with Gasteiger partial charge in [-0.05, 0) is 37.5 Å². The number of hydrogen-bond acceptors (Lipinski definition) is 3. The molecule has 22 heavy (non-hydrogen) atoms. The lowest BCUT2D eigenvalue weighted by Gasteiger charge is -2.41. The van der Waals surface area contributed by atoms with Crippen molar-refractivity contribution in [3.8, 4) is 0 Å². The zero-order chi connectivity index (χ0) is 16.4. The van der Waals surface area contributed by atoms with Gasteiger partial charge >= 0.3 is 5.97 Å². The Morgan fingerprint density at radius 2 is 1.77 bits per heavy atom. The minimum Gasteiger partial charge on any atom is -0.627 e. The summed E-state index contributed by atoms with van der Waals surface area (Å²) >= 11 is 11.4. The molecule has 1 aromatic rings. The van der Waals surface area contributed by atoms with Gasteiger partial charge in [-0.3, -0.25) is 4.79 Å². The van der Waals surface area contributed by atoms with E-state index < -0.39 is 4.65 Å². The number of quaternary nitrogens is 1. The standard InChI is InChI=1S/C16H23Cl2NO3/c1-2-22-16(20)5-3-4-14-6-8-15(9-7-14)19(21,12-10-17)13-11-18/h6-9H,2-5,10-13H2,1H3. The van der Waals surface area contributed by atoms with Crippen LogP contribution in [0.25, 0.3) is 0 Å². The van der Waals surface area contributed by atoms with E-state index in [0.29, 0.717) is 43.6 Å². The number of carbonyl (C=O) groups is 1. The van der Waals surface area contributed by atoms with Gasteiger partial charge in [-0.15, -0.1) is 23.2 Å². The lowest BCUT2D eigenvalue weighted by Crippen LogP contribution is -2.46. The van der Waals surface area contributed by atoms with Crippen LogP contribution >= 0.6 is 23.2 Å². The maximum absolute atomic E-state index is 12.7. The second-order valence-corrected chi connectivity index (χ2v) is 5.80. The summed E-state index contributed by atoms with van der Waals surface area (Å²) in [6.07, 6.45) is 1.93. The van der Waals surface area contributed by atoms with E-state index in [1.807, 2.05) is 24.3 Å². The number of hydrogen-bond donors (Lipinski definition) is 0. The lowest BCUT2D eigenvalue weighted by molar-refractivity contribution is -0.143. The summed E-state index contributed by atoms with van der Waals surface area (Å²) in [4.78, 5) is 11.3. The molecule has 0 saturated carbocycles. The maximum atomic E-state index is 12.7. The van der Waals surface area contributed by atoms with Gasteiger partial charge in [0.05, 0.1) is 31.5 Å². The Morgan fingerprint density at radius 3 is 2.27 bits per heavy atom. The van der Waals surface area contributed by atoms with Crippen molar-refractivity contribution in [2.75, 3.05) is 31.5 Å². The van der Waals surface area contributed by atoms with E-state index in [9.17, 15) is 10.0 Å². The van der Waals surface area contributed by atoms with Gasteiger partial charge in [0.25, 0.3) is 0 Å². The third kappa shape index (κ3) is 6.13. The molecular weight excluding hydrogens is 325 g/mol. The molecule has 0 atom stereocenters. The van der Waals surface area contributed by atoms with Crippen LogP contribution in [0.15, 0.2) is 24.3 Å². The molecule has 0 spiro atoms. The molecule has 0 heterocycles. The van der Waals surface area contributed by atoms with Crippen LogP contribution in [0.2, 0.25) is 0 Å². The molecule has 124 valence electrons. The summed E-state index contributed by atoms with van der Waals surface area (Å²) < 4.78 is 4.39. The maximum Gasteiger partial charge on any atom is 0.305 e. The van der Waals surface area contributed by atoms with Crippen molar-refractivity contribution in [3.63, 3.8) is 0 Å². The average Bonchev–Trinajstić information content (AvgIpc) is 2.48. The zero-order valence-electron chi connectivity index (χ0n) is 12.9. The summed E-state index contributed by atoms with van der Waals surface area (Å²) in [7, 11) is 0. The third-order valence-electron chi connectivity index (χ3n) is 3.45. The fourth-order valence-corrected chi connectivity index (χ4v) is 2.79. The monoisotopic (exact) mass is 347 g/mol. The van der Waals surface area contributed by atoms with Gasteiger partial charge in [0.1, 0.15) is 5.69 Å². The fraction of sp³-hybridized carbons (Fsp3) is 0.562. The highest BCUT2D eigenvalue weighted by Gasteiger charge is 2.19. The number of carbonyl (C=O) groups excluding carboxylic acids is 1.